The monoisotopic (exact) mass is 294 g/mol. The van der Waals surface area contributed by atoms with Crippen molar-refractivity contribution in [1.82, 2.24) is 4.90 Å². The summed E-state index contributed by atoms with van der Waals surface area (Å²) in [6.45, 7) is 2.05. The Hall–Kier alpha value is -2.21. The van der Waals surface area contributed by atoms with Gasteiger partial charge in [-0.15, -0.1) is 0 Å². The quantitative estimate of drug-likeness (QED) is 0.782. The van der Waals surface area contributed by atoms with Crippen LogP contribution in [0.3, 0.4) is 0 Å². The van der Waals surface area contributed by atoms with Crippen LogP contribution in [-0.2, 0) is 9.59 Å². The van der Waals surface area contributed by atoms with Crippen LogP contribution < -0.4 is 5.32 Å². The third-order valence-electron chi connectivity index (χ3n) is 2.75. The van der Waals surface area contributed by atoms with Crippen LogP contribution in [0, 0.1) is 5.82 Å². The van der Waals surface area contributed by atoms with Crippen LogP contribution >= 0.6 is 0 Å². The second-order valence-electron chi connectivity index (χ2n) is 4.73. The molecule has 0 saturated carbocycles. The molecule has 0 radical (unpaired) electrons. The highest BCUT2D eigenvalue weighted by atomic mass is 19.1. The molecule has 1 atom stereocenters. The molecule has 0 fully saturated rings. The molecule has 2 amide bonds. The summed E-state index contributed by atoms with van der Waals surface area (Å²) in [5.74, 6) is -1.19. The van der Waals surface area contributed by atoms with Gasteiger partial charge in [0.1, 0.15) is 5.82 Å². The first-order valence-electron chi connectivity index (χ1n) is 6.56. The van der Waals surface area contributed by atoms with Gasteiger partial charge in [0.05, 0.1) is 6.10 Å². The Morgan fingerprint density at radius 3 is 2.52 bits per heavy atom. The van der Waals surface area contributed by atoms with E-state index in [1.54, 1.807) is 14.0 Å². The molecule has 1 aromatic carbocycles. The largest absolute Gasteiger partial charge is 0.393 e. The average molecular weight is 294 g/mol. The number of carbonyl (C=O) groups is 2. The molecule has 6 heteroatoms. The minimum Gasteiger partial charge on any atom is -0.393 e. The van der Waals surface area contributed by atoms with Crippen LogP contribution in [-0.4, -0.2) is 41.5 Å². The summed E-state index contributed by atoms with van der Waals surface area (Å²) in [5, 5.41) is 11.6. The summed E-state index contributed by atoms with van der Waals surface area (Å²) < 4.78 is 12.7. The van der Waals surface area contributed by atoms with Gasteiger partial charge in [-0.3, -0.25) is 9.59 Å². The lowest BCUT2D eigenvalue weighted by atomic mass is 10.2. The van der Waals surface area contributed by atoms with Crippen LogP contribution in [0.4, 0.5) is 10.1 Å². The summed E-state index contributed by atoms with van der Waals surface area (Å²) in [5.41, 5.74) is 0.445. The minimum absolute atomic E-state index is 0.329. The molecule has 0 aliphatic carbocycles. The van der Waals surface area contributed by atoms with Crippen LogP contribution in [0.15, 0.2) is 36.4 Å². The highest BCUT2D eigenvalue weighted by molar-refractivity contribution is 6.03. The molecule has 114 valence electrons. The standard InChI is InChI=1S/C15H19FN2O3/c1-11(19)9-10-18(2)15(21)8-7-14(20)17-13-5-3-12(16)4-6-13/h3-8,11,19H,9-10H2,1-2H3,(H,17,20)/b8-7+. The van der Waals surface area contributed by atoms with Gasteiger partial charge in [0.15, 0.2) is 0 Å². The Labute approximate surface area is 123 Å². The maximum absolute atomic E-state index is 12.7. The molecule has 0 saturated heterocycles. The zero-order chi connectivity index (χ0) is 15.8. The number of benzene rings is 1. The Bertz CT molecular complexity index is 512. The fourth-order valence-electron chi connectivity index (χ4n) is 1.48. The first-order chi connectivity index (χ1) is 9.88. The summed E-state index contributed by atoms with van der Waals surface area (Å²) in [6.07, 6.45) is 2.26. The maximum atomic E-state index is 12.7. The average Bonchev–Trinajstić information content (AvgIpc) is 2.44. The smallest absolute Gasteiger partial charge is 0.248 e. The third-order valence-corrected chi connectivity index (χ3v) is 2.75. The summed E-state index contributed by atoms with van der Waals surface area (Å²) in [4.78, 5) is 24.7. The molecule has 1 aromatic rings. The first kappa shape index (κ1) is 16.8. The molecule has 0 aromatic heterocycles. The van der Waals surface area contributed by atoms with Crippen molar-refractivity contribution in [3.05, 3.63) is 42.2 Å². The van der Waals surface area contributed by atoms with Crippen molar-refractivity contribution in [1.29, 1.82) is 0 Å². The molecule has 0 spiro atoms. The molecule has 0 aliphatic rings. The van der Waals surface area contributed by atoms with E-state index in [9.17, 15) is 14.0 Å². The number of rotatable bonds is 6. The van der Waals surface area contributed by atoms with Gasteiger partial charge in [-0.25, -0.2) is 4.39 Å². The summed E-state index contributed by atoms with van der Waals surface area (Å²) in [6, 6.07) is 5.32. The number of amides is 2. The van der Waals surface area contributed by atoms with E-state index in [2.05, 4.69) is 5.32 Å². The number of halogens is 1. The van der Waals surface area contributed by atoms with Crippen molar-refractivity contribution in [2.75, 3.05) is 18.9 Å². The lowest BCUT2D eigenvalue weighted by Gasteiger charge is -2.15. The van der Waals surface area contributed by atoms with Gasteiger partial charge < -0.3 is 15.3 Å². The second-order valence-corrected chi connectivity index (χ2v) is 4.73. The molecule has 1 rings (SSSR count). The zero-order valence-corrected chi connectivity index (χ0v) is 12.0. The second kappa shape index (κ2) is 8.16. The van der Waals surface area contributed by atoms with E-state index in [4.69, 9.17) is 5.11 Å². The van der Waals surface area contributed by atoms with Gasteiger partial charge in [0.25, 0.3) is 0 Å². The van der Waals surface area contributed by atoms with Gasteiger partial charge in [-0.1, -0.05) is 0 Å². The maximum Gasteiger partial charge on any atom is 0.248 e. The number of nitrogens with zero attached hydrogens (tertiary/aromatic N) is 1. The Morgan fingerprint density at radius 1 is 1.33 bits per heavy atom. The van der Waals surface area contributed by atoms with E-state index in [1.165, 1.54) is 29.2 Å². The molecule has 0 bridgehead atoms. The van der Waals surface area contributed by atoms with Crippen LogP contribution in [0.25, 0.3) is 0 Å². The molecule has 2 N–H and O–H groups in total. The predicted molar refractivity (Wildman–Crippen MR) is 78.1 cm³/mol. The number of nitrogens with one attached hydrogen (secondary N) is 1. The van der Waals surface area contributed by atoms with Gasteiger partial charge in [-0.05, 0) is 37.6 Å². The number of hydrogen-bond acceptors (Lipinski definition) is 3. The zero-order valence-electron chi connectivity index (χ0n) is 12.0. The van der Waals surface area contributed by atoms with Gasteiger partial charge in [0.2, 0.25) is 11.8 Å². The first-order valence-corrected chi connectivity index (χ1v) is 6.56. The molecular formula is C15H19FN2O3. The number of hydrogen-bond donors (Lipinski definition) is 2. The number of anilines is 1. The van der Waals surface area contributed by atoms with Gasteiger partial charge >= 0.3 is 0 Å². The summed E-state index contributed by atoms with van der Waals surface area (Å²) >= 11 is 0. The van der Waals surface area contributed by atoms with Gasteiger partial charge in [-0.2, -0.15) is 0 Å². The van der Waals surface area contributed by atoms with E-state index in [0.29, 0.717) is 18.7 Å². The van der Waals surface area contributed by atoms with E-state index < -0.39 is 17.8 Å². The lowest BCUT2D eigenvalue weighted by Crippen LogP contribution is -2.28. The van der Waals surface area contributed by atoms with Crippen LogP contribution in [0.2, 0.25) is 0 Å². The SMILES string of the molecule is CC(O)CCN(C)C(=O)/C=C/C(=O)Nc1ccc(F)cc1. The number of carbonyl (C=O) groups excluding carboxylic acids is 2. The van der Waals surface area contributed by atoms with Crippen molar-refractivity contribution < 1.29 is 19.1 Å². The Kier molecular flexibility index (Phi) is 6.55. The lowest BCUT2D eigenvalue weighted by molar-refractivity contribution is -0.125. The number of aliphatic hydroxyl groups is 1. The normalized spacial score (nSPS) is 12.2. The van der Waals surface area contributed by atoms with Crippen molar-refractivity contribution in [3.63, 3.8) is 0 Å². The summed E-state index contributed by atoms with van der Waals surface area (Å²) in [7, 11) is 1.59. The van der Waals surface area contributed by atoms with Gasteiger partial charge in [0, 0.05) is 31.4 Å². The molecule has 5 nitrogen and oxygen atoms in total. The molecule has 0 heterocycles. The van der Waals surface area contributed by atoms with Crippen LogP contribution in [0.1, 0.15) is 13.3 Å². The topological polar surface area (TPSA) is 69.6 Å². The highest BCUT2D eigenvalue weighted by Gasteiger charge is 2.07. The Balaban J connectivity index is 2.45. The van der Waals surface area contributed by atoms with E-state index in [0.717, 1.165) is 12.2 Å². The van der Waals surface area contributed by atoms with Crippen molar-refractivity contribution >= 4 is 17.5 Å². The van der Waals surface area contributed by atoms with Crippen molar-refractivity contribution in [3.8, 4) is 0 Å². The molecular weight excluding hydrogens is 275 g/mol. The molecule has 21 heavy (non-hydrogen) atoms. The van der Waals surface area contributed by atoms with Crippen molar-refractivity contribution in [2.45, 2.75) is 19.4 Å². The van der Waals surface area contributed by atoms with E-state index >= 15 is 0 Å². The molecule has 1 unspecified atom stereocenters. The van der Waals surface area contributed by atoms with E-state index in [1.807, 2.05) is 0 Å². The fraction of sp³-hybridized carbons (Fsp3) is 0.333. The predicted octanol–water partition coefficient (Wildman–Crippen LogP) is 1.55. The minimum atomic E-state index is -0.481. The number of aliphatic hydroxyl groups excluding tert-OH is 1. The number of likely N-dealkylation sites (N-methyl/N-ethyl adjacent to an activating group) is 1. The fourth-order valence-corrected chi connectivity index (χ4v) is 1.48. The highest BCUT2D eigenvalue weighted by Crippen LogP contribution is 2.08. The van der Waals surface area contributed by atoms with E-state index in [-0.39, 0.29) is 5.91 Å². The van der Waals surface area contributed by atoms with Crippen LogP contribution in [0.5, 0.6) is 0 Å². The van der Waals surface area contributed by atoms with Crippen molar-refractivity contribution in [2.24, 2.45) is 0 Å². The third kappa shape index (κ3) is 6.67. The molecule has 0 aliphatic heterocycles. The Morgan fingerprint density at radius 2 is 1.95 bits per heavy atom.